The molecule has 1 saturated heterocycles. The maximum atomic E-state index is 13.6. The van der Waals surface area contributed by atoms with Gasteiger partial charge in [0.15, 0.2) is 11.5 Å². The number of likely N-dealkylation sites (tertiary alicyclic amines) is 1. The van der Waals surface area contributed by atoms with E-state index < -0.39 is 17.3 Å². The Labute approximate surface area is 215 Å². The zero-order valence-corrected chi connectivity index (χ0v) is 22.1. The molecule has 2 aliphatic heterocycles. The molecule has 12 heteroatoms. The second kappa shape index (κ2) is 9.02. The minimum Gasteiger partial charge on any atom is -0.444 e. The van der Waals surface area contributed by atoms with Gasteiger partial charge in [-0.25, -0.2) is 24.0 Å². The third-order valence-corrected chi connectivity index (χ3v) is 5.98. The summed E-state index contributed by atoms with van der Waals surface area (Å²) in [5, 5.41) is 9.02. The van der Waals surface area contributed by atoms with Crippen molar-refractivity contribution in [2.45, 2.75) is 71.8 Å². The van der Waals surface area contributed by atoms with E-state index in [1.165, 1.54) is 11.2 Å². The van der Waals surface area contributed by atoms with E-state index in [1.807, 2.05) is 64.6 Å². The van der Waals surface area contributed by atoms with Crippen LogP contribution in [0.15, 0.2) is 24.7 Å². The zero-order valence-electron chi connectivity index (χ0n) is 22.1. The van der Waals surface area contributed by atoms with Crippen LogP contribution in [-0.2, 0) is 27.4 Å². The van der Waals surface area contributed by atoms with Crippen LogP contribution in [0.2, 0.25) is 0 Å². The number of pyridine rings is 1. The van der Waals surface area contributed by atoms with Crippen molar-refractivity contribution in [3.8, 4) is 0 Å². The van der Waals surface area contributed by atoms with Crippen molar-refractivity contribution >= 4 is 29.3 Å². The number of nitrogens with zero attached hydrogens (tertiary/aromatic N) is 7. The lowest BCUT2D eigenvalue weighted by Crippen LogP contribution is -2.50. The Morgan fingerprint density at radius 2 is 1.81 bits per heavy atom. The normalized spacial score (nSPS) is 16.3. The van der Waals surface area contributed by atoms with Crippen LogP contribution in [0.3, 0.4) is 0 Å². The van der Waals surface area contributed by atoms with E-state index >= 15 is 0 Å². The molecule has 0 radical (unpaired) electrons. The summed E-state index contributed by atoms with van der Waals surface area (Å²) in [6.07, 6.45) is 2.40. The Kier molecular flexibility index (Phi) is 6.09. The van der Waals surface area contributed by atoms with Gasteiger partial charge in [0.05, 0.1) is 31.1 Å². The summed E-state index contributed by atoms with van der Waals surface area (Å²) >= 11 is 0. The van der Waals surface area contributed by atoms with Gasteiger partial charge in [-0.3, -0.25) is 4.68 Å². The molecule has 2 amide bonds. The summed E-state index contributed by atoms with van der Waals surface area (Å²) in [7, 11) is 0. The number of carbonyl (C=O) groups excluding carboxylic acids is 2. The second-order valence-corrected chi connectivity index (χ2v) is 11.4. The maximum Gasteiger partial charge on any atom is 0.420 e. The van der Waals surface area contributed by atoms with Gasteiger partial charge < -0.3 is 19.1 Å². The van der Waals surface area contributed by atoms with Gasteiger partial charge in [-0.05, 0) is 53.2 Å². The Balaban J connectivity index is 1.51. The molecule has 5 rings (SSSR count). The van der Waals surface area contributed by atoms with Gasteiger partial charge in [-0.2, -0.15) is 10.2 Å². The van der Waals surface area contributed by atoms with E-state index in [9.17, 15) is 9.59 Å². The van der Waals surface area contributed by atoms with Crippen molar-refractivity contribution < 1.29 is 23.8 Å². The number of fused-ring (bicyclic) bond motifs is 2. The summed E-state index contributed by atoms with van der Waals surface area (Å²) < 4.78 is 20.3. The molecule has 0 aromatic carbocycles. The predicted molar refractivity (Wildman–Crippen MR) is 134 cm³/mol. The average Bonchev–Trinajstić information content (AvgIpc) is 3.36. The lowest BCUT2D eigenvalue weighted by atomic mass is 9.92. The van der Waals surface area contributed by atoms with Crippen molar-refractivity contribution in [3.63, 3.8) is 0 Å². The van der Waals surface area contributed by atoms with E-state index in [4.69, 9.17) is 14.2 Å². The fourth-order valence-electron chi connectivity index (χ4n) is 4.29. The summed E-state index contributed by atoms with van der Waals surface area (Å²) in [6, 6.07) is 3.73. The van der Waals surface area contributed by atoms with Crippen LogP contribution < -0.4 is 4.90 Å². The topological polar surface area (TPSA) is 116 Å². The van der Waals surface area contributed by atoms with E-state index in [1.54, 1.807) is 9.42 Å². The Morgan fingerprint density at radius 3 is 2.49 bits per heavy atom. The molecular weight excluding hydrogens is 478 g/mol. The number of aromatic nitrogens is 5. The highest BCUT2D eigenvalue weighted by Gasteiger charge is 2.37. The zero-order chi connectivity index (χ0) is 26.5. The smallest absolute Gasteiger partial charge is 0.420 e. The molecule has 0 N–H and O–H groups in total. The predicted octanol–water partition coefficient (Wildman–Crippen LogP) is 3.86. The average molecular weight is 512 g/mol. The van der Waals surface area contributed by atoms with Gasteiger partial charge in [0.25, 0.3) is 0 Å². The molecule has 0 aliphatic carbocycles. The molecule has 12 nitrogen and oxygen atoms in total. The molecular formula is C25H33N7O5. The Hall–Kier alpha value is -3.67. The van der Waals surface area contributed by atoms with Crippen molar-refractivity contribution in [1.29, 1.82) is 0 Å². The Bertz CT molecular complexity index is 1300. The highest BCUT2D eigenvalue weighted by molar-refractivity contribution is 5.99. The van der Waals surface area contributed by atoms with Crippen LogP contribution in [-0.4, -0.2) is 72.4 Å². The summed E-state index contributed by atoms with van der Waals surface area (Å²) in [4.78, 5) is 33.5. The third-order valence-electron chi connectivity index (χ3n) is 5.98. The first kappa shape index (κ1) is 25.0. The number of hydrogen-bond donors (Lipinski definition) is 0. The van der Waals surface area contributed by atoms with Crippen LogP contribution in [0.1, 0.15) is 58.7 Å². The number of carbonyl (C=O) groups is 2. The van der Waals surface area contributed by atoms with Gasteiger partial charge in [-0.1, -0.05) is 0 Å². The number of anilines is 2. The second-order valence-electron chi connectivity index (χ2n) is 11.4. The van der Waals surface area contributed by atoms with Crippen LogP contribution in [0.5, 0.6) is 0 Å². The maximum absolute atomic E-state index is 13.6. The molecule has 0 saturated carbocycles. The molecule has 3 aromatic heterocycles. The molecule has 37 heavy (non-hydrogen) atoms. The Morgan fingerprint density at radius 1 is 1.08 bits per heavy atom. The SMILES string of the molecule is CC(C)(C)OC(=O)N1CC(c2cc(N(C(=O)OC(C)(C)C)c3cc4n(n3)CCOC4)c3ncnn3c2)C1. The first-order valence-corrected chi connectivity index (χ1v) is 12.4. The van der Waals surface area contributed by atoms with Gasteiger partial charge in [-0.15, -0.1) is 0 Å². The van der Waals surface area contributed by atoms with Crippen LogP contribution in [0.25, 0.3) is 5.65 Å². The van der Waals surface area contributed by atoms with Gasteiger partial charge in [0.2, 0.25) is 0 Å². The number of amides is 2. The highest BCUT2D eigenvalue weighted by atomic mass is 16.6. The molecule has 2 aliphatic rings. The molecule has 5 heterocycles. The molecule has 0 atom stereocenters. The van der Waals surface area contributed by atoms with Gasteiger partial charge >= 0.3 is 12.2 Å². The minimum absolute atomic E-state index is 0.0453. The van der Waals surface area contributed by atoms with Gasteiger partial charge in [0.1, 0.15) is 17.5 Å². The lowest BCUT2D eigenvalue weighted by Gasteiger charge is -2.40. The molecule has 1 fully saturated rings. The number of rotatable bonds is 3. The van der Waals surface area contributed by atoms with Crippen molar-refractivity contribution in [1.82, 2.24) is 29.3 Å². The molecule has 3 aromatic rings. The first-order chi connectivity index (χ1) is 17.4. The molecule has 0 spiro atoms. The highest BCUT2D eigenvalue weighted by Crippen LogP contribution is 2.36. The van der Waals surface area contributed by atoms with Crippen LogP contribution in [0, 0.1) is 0 Å². The molecule has 0 unspecified atom stereocenters. The largest absolute Gasteiger partial charge is 0.444 e. The van der Waals surface area contributed by atoms with E-state index in [0.29, 0.717) is 50.0 Å². The first-order valence-electron chi connectivity index (χ1n) is 12.4. The van der Waals surface area contributed by atoms with E-state index in [2.05, 4.69) is 15.2 Å². The van der Waals surface area contributed by atoms with E-state index in [0.717, 1.165) is 11.3 Å². The van der Waals surface area contributed by atoms with Gasteiger partial charge in [0, 0.05) is 31.3 Å². The summed E-state index contributed by atoms with van der Waals surface area (Å²) in [6.45, 7) is 13.6. The number of ether oxygens (including phenoxy) is 3. The lowest BCUT2D eigenvalue weighted by molar-refractivity contribution is 0.00815. The summed E-state index contributed by atoms with van der Waals surface area (Å²) in [5.41, 5.74) is 1.49. The number of hydrogen-bond acceptors (Lipinski definition) is 8. The van der Waals surface area contributed by atoms with Crippen molar-refractivity contribution in [3.05, 3.63) is 35.9 Å². The molecule has 198 valence electrons. The third kappa shape index (κ3) is 5.24. The minimum atomic E-state index is -0.721. The quantitative estimate of drug-likeness (QED) is 0.520. The fraction of sp³-hybridized carbons (Fsp3) is 0.560. The summed E-state index contributed by atoms with van der Waals surface area (Å²) in [5.74, 6) is 0.463. The van der Waals surface area contributed by atoms with Crippen LogP contribution in [0.4, 0.5) is 21.1 Å². The molecule has 0 bridgehead atoms. The van der Waals surface area contributed by atoms with E-state index in [-0.39, 0.29) is 12.0 Å². The fourth-order valence-corrected chi connectivity index (χ4v) is 4.29. The van der Waals surface area contributed by atoms with Crippen molar-refractivity contribution in [2.24, 2.45) is 0 Å². The van der Waals surface area contributed by atoms with Crippen LogP contribution >= 0.6 is 0 Å². The monoisotopic (exact) mass is 511 g/mol. The van der Waals surface area contributed by atoms with Crippen molar-refractivity contribution in [2.75, 3.05) is 24.6 Å². The standard InChI is InChI=1S/C25H33N7O5/c1-24(2,3)36-22(33)29-11-17(12-29)16-9-19(21-26-15-27-31(21)13-16)32(23(34)37-25(4,5)6)20-10-18-14-35-8-7-30(18)28-20/h9-10,13,15,17H,7-8,11-12,14H2,1-6H3.